The van der Waals surface area contributed by atoms with E-state index in [-0.39, 0.29) is 18.3 Å². The monoisotopic (exact) mass is 363 g/mol. The molecule has 0 aromatic heterocycles. The van der Waals surface area contributed by atoms with Gasteiger partial charge in [-0.2, -0.15) is 13.2 Å². The number of benzene rings is 1. The highest BCUT2D eigenvalue weighted by molar-refractivity contribution is 6.27. The fourth-order valence-electron chi connectivity index (χ4n) is 2.76. The fourth-order valence-corrected chi connectivity index (χ4v) is 2.91. The summed E-state index contributed by atoms with van der Waals surface area (Å²) >= 11 is 5.58. The second-order valence-corrected chi connectivity index (χ2v) is 6.09. The maximum absolute atomic E-state index is 12.6. The molecule has 0 spiro atoms. The van der Waals surface area contributed by atoms with Gasteiger partial charge in [0.1, 0.15) is 11.9 Å². The van der Waals surface area contributed by atoms with Gasteiger partial charge in [-0.25, -0.2) is 4.79 Å². The van der Waals surface area contributed by atoms with E-state index in [0.29, 0.717) is 18.4 Å². The van der Waals surface area contributed by atoms with Gasteiger partial charge in [0.25, 0.3) is 0 Å². The van der Waals surface area contributed by atoms with Gasteiger partial charge in [-0.3, -0.25) is 4.79 Å². The van der Waals surface area contributed by atoms with Gasteiger partial charge in [0, 0.05) is 6.54 Å². The van der Waals surface area contributed by atoms with Gasteiger partial charge in [0.2, 0.25) is 5.91 Å². The third-order valence-electron chi connectivity index (χ3n) is 4.25. The number of aliphatic carboxylic acids is 1. The first kappa shape index (κ1) is 18.6. The first-order valence-electron chi connectivity index (χ1n) is 7.48. The van der Waals surface area contributed by atoms with Crippen LogP contribution in [0.15, 0.2) is 24.3 Å². The number of carbonyl (C=O) groups excluding carboxylic acids is 1. The number of carboxylic acid groups (broad SMARTS) is 1. The maximum Gasteiger partial charge on any atom is 0.416 e. The number of carboxylic acids is 1. The van der Waals surface area contributed by atoms with Gasteiger partial charge in [-0.05, 0) is 36.5 Å². The summed E-state index contributed by atoms with van der Waals surface area (Å²) in [5, 5.41) is 9.47. The second-order valence-electron chi connectivity index (χ2n) is 5.82. The Labute approximate surface area is 142 Å². The Balaban J connectivity index is 2.22. The van der Waals surface area contributed by atoms with Crippen LogP contribution in [0.1, 0.15) is 30.4 Å². The van der Waals surface area contributed by atoms with E-state index in [1.54, 1.807) is 0 Å². The van der Waals surface area contributed by atoms with Crippen molar-refractivity contribution in [2.45, 2.75) is 38.0 Å². The van der Waals surface area contributed by atoms with E-state index in [9.17, 15) is 27.9 Å². The van der Waals surface area contributed by atoms with E-state index in [0.717, 1.165) is 23.5 Å². The van der Waals surface area contributed by atoms with Crippen molar-refractivity contribution >= 4 is 23.5 Å². The molecule has 1 aliphatic rings. The number of hydrogen-bond donors (Lipinski definition) is 1. The minimum absolute atomic E-state index is 0.0862. The number of alkyl halides is 4. The summed E-state index contributed by atoms with van der Waals surface area (Å²) in [6.07, 6.45) is -2.14. The quantitative estimate of drug-likeness (QED) is 0.787. The van der Waals surface area contributed by atoms with Crippen LogP contribution in [0.5, 0.6) is 0 Å². The van der Waals surface area contributed by atoms with Crippen molar-refractivity contribution in [1.82, 2.24) is 4.90 Å². The summed E-state index contributed by atoms with van der Waals surface area (Å²) in [6, 6.07) is 3.32. The molecular weight excluding hydrogens is 347 g/mol. The number of hydrogen-bond acceptors (Lipinski definition) is 2. The van der Waals surface area contributed by atoms with Crippen molar-refractivity contribution in [3.05, 3.63) is 35.4 Å². The fraction of sp³-hybridized carbons (Fsp3) is 0.500. The lowest BCUT2D eigenvalue weighted by Gasteiger charge is -2.38. The molecule has 1 amide bonds. The molecular formula is C16H17ClF3NO3. The van der Waals surface area contributed by atoms with Crippen LogP contribution < -0.4 is 0 Å². The Morgan fingerprint density at radius 1 is 1.25 bits per heavy atom. The van der Waals surface area contributed by atoms with Crippen molar-refractivity contribution in [2.24, 2.45) is 5.92 Å². The van der Waals surface area contributed by atoms with Crippen LogP contribution in [0.2, 0.25) is 0 Å². The number of carbonyl (C=O) groups is 2. The van der Waals surface area contributed by atoms with Crippen molar-refractivity contribution < 1.29 is 27.9 Å². The van der Waals surface area contributed by atoms with Crippen LogP contribution in [-0.4, -0.2) is 33.8 Å². The number of rotatable bonds is 6. The average Bonchev–Trinajstić information content (AvgIpc) is 2.47. The maximum atomic E-state index is 12.6. The molecule has 1 fully saturated rings. The molecule has 132 valence electrons. The molecule has 2 rings (SSSR count). The highest BCUT2D eigenvalue weighted by Gasteiger charge is 2.39. The van der Waals surface area contributed by atoms with E-state index in [1.807, 2.05) is 0 Å². The lowest BCUT2D eigenvalue weighted by molar-refractivity contribution is -0.154. The summed E-state index contributed by atoms with van der Waals surface area (Å²) in [5.41, 5.74) is -0.373. The summed E-state index contributed by atoms with van der Waals surface area (Å²) in [5.74, 6) is -2.19. The molecule has 1 atom stereocenters. The van der Waals surface area contributed by atoms with Crippen molar-refractivity contribution in [2.75, 3.05) is 5.88 Å². The molecule has 1 aliphatic carbocycles. The lowest BCUT2D eigenvalue weighted by atomic mass is 9.79. The molecule has 1 aromatic rings. The molecule has 1 N–H and O–H groups in total. The lowest BCUT2D eigenvalue weighted by Crippen LogP contribution is -2.51. The Morgan fingerprint density at radius 3 is 2.21 bits per heavy atom. The van der Waals surface area contributed by atoms with Gasteiger partial charge in [-0.1, -0.05) is 18.6 Å². The Hall–Kier alpha value is -1.76. The zero-order valence-electron chi connectivity index (χ0n) is 12.7. The molecule has 1 aromatic carbocycles. The highest BCUT2D eigenvalue weighted by atomic mass is 35.5. The van der Waals surface area contributed by atoms with E-state index < -0.39 is 29.7 Å². The number of amides is 1. The Morgan fingerprint density at radius 2 is 1.83 bits per heavy atom. The Kier molecular flexibility index (Phi) is 5.74. The topological polar surface area (TPSA) is 57.6 Å². The number of nitrogens with zero attached hydrogens (tertiary/aromatic N) is 1. The van der Waals surface area contributed by atoms with Gasteiger partial charge in [0.15, 0.2) is 0 Å². The molecule has 0 saturated heterocycles. The SMILES string of the molecule is O=C(O)C(C1CCC1)N(Cc1ccc(C(F)(F)F)cc1)C(=O)CCl. The van der Waals surface area contributed by atoms with Crippen LogP contribution in [-0.2, 0) is 22.3 Å². The van der Waals surface area contributed by atoms with E-state index in [2.05, 4.69) is 0 Å². The van der Waals surface area contributed by atoms with Crippen LogP contribution in [0.4, 0.5) is 13.2 Å². The van der Waals surface area contributed by atoms with Crippen molar-refractivity contribution in [1.29, 1.82) is 0 Å². The van der Waals surface area contributed by atoms with Crippen LogP contribution in [0, 0.1) is 5.92 Å². The van der Waals surface area contributed by atoms with E-state index in [4.69, 9.17) is 11.6 Å². The first-order valence-corrected chi connectivity index (χ1v) is 8.02. The largest absolute Gasteiger partial charge is 0.480 e. The second kappa shape index (κ2) is 7.42. The Bertz CT molecular complexity index is 600. The molecule has 8 heteroatoms. The summed E-state index contributed by atoms with van der Waals surface area (Å²) in [6.45, 7) is -0.0862. The zero-order valence-corrected chi connectivity index (χ0v) is 13.5. The minimum Gasteiger partial charge on any atom is -0.480 e. The van der Waals surface area contributed by atoms with Gasteiger partial charge in [-0.15, -0.1) is 11.6 Å². The molecule has 1 saturated carbocycles. The minimum atomic E-state index is -4.44. The predicted molar refractivity (Wildman–Crippen MR) is 81.5 cm³/mol. The molecule has 24 heavy (non-hydrogen) atoms. The molecule has 0 radical (unpaired) electrons. The predicted octanol–water partition coefficient (Wildman–Crippen LogP) is 3.53. The van der Waals surface area contributed by atoms with Gasteiger partial charge < -0.3 is 10.0 Å². The third-order valence-corrected chi connectivity index (χ3v) is 4.48. The standard InChI is InChI=1S/C16H17ClF3NO3/c17-8-13(22)21(14(15(23)24)11-2-1-3-11)9-10-4-6-12(7-5-10)16(18,19)20/h4-7,11,14H,1-3,8-9H2,(H,23,24). The van der Waals surface area contributed by atoms with Crippen LogP contribution >= 0.6 is 11.6 Å². The molecule has 0 bridgehead atoms. The van der Waals surface area contributed by atoms with E-state index in [1.165, 1.54) is 12.1 Å². The summed E-state index contributed by atoms with van der Waals surface area (Å²) in [4.78, 5) is 24.8. The van der Waals surface area contributed by atoms with Crippen LogP contribution in [0.3, 0.4) is 0 Å². The highest BCUT2D eigenvalue weighted by Crippen LogP contribution is 2.34. The molecule has 0 heterocycles. The molecule has 0 aliphatic heterocycles. The molecule has 1 unspecified atom stereocenters. The van der Waals surface area contributed by atoms with Crippen LogP contribution in [0.25, 0.3) is 0 Å². The van der Waals surface area contributed by atoms with Crippen molar-refractivity contribution in [3.8, 4) is 0 Å². The summed E-state index contributed by atoms with van der Waals surface area (Å²) in [7, 11) is 0. The number of halogens is 4. The third kappa shape index (κ3) is 4.20. The van der Waals surface area contributed by atoms with Crippen molar-refractivity contribution in [3.63, 3.8) is 0 Å². The van der Waals surface area contributed by atoms with Gasteiger partial charge in [0.05, 0.1) is 5.56 Å². The molecule has 4 nitrogen and oxygen atoms in total. The normalized spacial score (nSPS) is 16.3. The summed E-state index contributed by atoms with van der Waals surface area (Å²) < 4.78 is 37.8. The smallest absolute Gasteiger partial charge is 0.416 e. The van der Waals surface area contributed by atoms with E-state index >= 15 is 0 Å². The zero-order chi connectivity index (χ0) is 17.9. The van der Waals surface area contributed by atoms with Gasteiger partial charge >= 0.3 is 12.1 Å². The average molecular weight is 364 g/mol. The first-order chi connectivity index (χ1) is 11.2.